The van der Waals surface area contributed by atoms with E-state index in [0.29, 0.717) is 0 Å². The van der Waals surface area contributed by atoms with Gasteiger partial charge in [0, 0.05) is 12.1 Å². The molecule has 0 aromatic heterocycles. The van der Waals surface area contributed by atoms with E-state index < -0.39 is 0 Å². The normalized spacial score (nSPS) is 44.7. The molecule has 1 N–H and O–H groups in total. The molecule has 0 spiro atoms. The summed E-state index contributed by atoms with van der Waals surface area (Å²) in [7, 11) is 2.06. The highest BCUT2D eigenvalue weighted by molar-refractivity contribution is 4.91. The third kappa shape index (κ3) is 1.18. The maximum absolute atomic E-state index is 3.32. The number of piperidine rings is 1. The highest BCUT2D eigenvalue weighted by Gasteiger charge is 2.38. The van der Waals surface area contributed by atoms with Crippen molar-refractivity contribution in [1.82, 2.24) is 10.4 Å². The van der Waals surface area contributed by atoms with Crippen LogP contribution in [0.3, 0.4) is 0 Å². The Morgan fingerprint density at radius 3 is 2.18 bits per heavy atom. The summed E-state index contributed by atoms with van der Waals surface area (Å²) in [6.45, 7) is 2.39. The van der Waals surface area contributed by atoms with Gasteiger partial charge in [-0.25, -0.2) is 5.01 Å². The maximum Gasteiger partial charge on any atom is 0.0249 e. The van der Waals surface area contributed by atoms with Gasteiger partial charge in [-0.05, 0) is 38.6 Å². The zero-order valence-corrected chi connectivity index (χ0v) is 7.51. The predicted octanol–water partition coefficient (Wildman–Crippen LogP) is 1.38. The van der Waals surface area contributed by atoms with Crippen LogP contribution in [0.4, 0.5) is 0 Å². The van der Waals surface area contributed by atoms with Crippen molar-refractivity contribution in [3.05, 3.63) is 0 Å². The molecule has 2 aliphatic heterocycles. The van der Waals surface area contributed by atoms with E-state index >= 15 is 0 Å². The third-order valence-corrected chi connectivity index (χ3v) is 3.23. The van der Waals surface area contributed by atoms with Crippen molar-refractivity contribution < 1.29 is 0 Å². The van der Waals surface area contributed by atoms with Crippen LogP contribution >= 0.6 is 0 Å². The van der Waals surface area contributed by atoms with Crippen LogP contribution in [-0.4, -0.2) is 24.1 Å². The summed E-state index contributed by atoms with van der Waals surface area (Å²) in [6.07, 6.45) is 5.63. The number of nitrogens with one attached hydrogen (secondary N) is 1. The topological polar surface area (TPSA) is 15.3 Å². The van der Waals surface area contributed by atoms with E-state index in [1.807, 2.05) is 0 Å². The highest BCUT2D eigenvalue weighted by Crippen LogP contribution is 2.36. The van der Waals surface area contributed by atoms with E-state index in [0.717, 1.165) is 18.0 Å². The molecule has 2 nitrogen and oxygen atoms in total. The summed E-state index contributed by atoms with van der Waals surface area (Å²) in [6, 6.07) is 1.68. The zero-order chi connectivity index (χ0) is 7.84. The number of hydrogen-bond acceptors (Lipinski definition) is 2. The lowest BCUT2D eigenvalue weighted by atomic mass is 9.94. The Balaban J connectivity index is 2.06. The molecule has 2 rings (SSSR count). The van der Waals surface area contributed by atoms with Crippen LogP contribution in [0.25, 0.3) is 0 Å². The Kier molecular flexibility index (Phi) is 1.90. The second-order valence-electron chi connectivity index (χ2n) is 4.09. The van der Waals surface area contributed by atoms with Crippen molar-refractivity contribution >= 4 is 0 Å². The van der Waals surface area contributed by atoms with Crippen LogP contribution in [0.15, 0.2) is 0 Å². The molecule has 2 saturated heterocycles. The minimum Gasteiger partial charge on any atom is -0.258 e. The second-order valence-corrected chi connectivity index (χ2v) is 4.09. The van der Waals surface area contributed by atoms with Gasteiger partial charge in [0.05, 0.1) is 0 Å². The number of hydrazine groups is 1. The van der Waals surface area contributed by atoms with Gasteiger partial charge < -0.3 is 0 Å². The Morgan fingerprint density at radius 1 is 1.18 bits per heavy atom. The van der Waals surface area contributed by atoms with Gasteiger partial charge in [0.25, 0.3) is 0 Å². The average Bonchev–Trinajstić information content (AvgIpc) is 2.23. The lowest BCUT2D eigenvalue weighted by Crippen LogP contribution is -2.48. The zero-order valence-electron chi connectivity index (χ0n) is 7.51. The number of nitrogens with zero attached hydrogens (tertiary/aromatic N) is 1. The third-order valence-electron chi connectivity index (χ3n) is 3.23. The summed E-state index contributed by atoms with van der Waals surface area (Å²) in [5, 5.41) is 2.47. The lowest BCUT2D eigenvalue weighted by molar-refractivity contribution is 0.0662. The van der Waals surface area contributed by atoms with Crippen molar-refractivity contribution in [3.8, 4) is 0 Å². The number of rotatable bonds is 1. The fourth-order valence-corrected chi connectivity index (χ4v) is 2.81. The Labute approximate surface area is 68.9 Å². The van der Waals surface area contributed by atoms with Crippen molar-refractivity contribution in [2.24, 2.45) is 5.92 Å². The molecule has 64 valence electrons. The van der Waals surface area contributed by atoms with Crippen molar-refractivity contribution in [1.29, 1.82) is 0 Å². The van der Waals surface area contributed by atoms with Gasteiger partial charge in [-0.3, -0.25) is 5.43 Å². The molecule has 2 aliphatic rings. The summed E-state index contributed by atoms with van der Waals surface area (Å²) in [5.74, 6) is 0.956. The number of hydrogen-bond donors (Lipinski definition) is 1. The average molecular weight is 154 g/mol. The van der Waals surface area contributed by atoms with Crippen LogP contribution in [-0.2, 0) is 0 Å². The monoisotopic (exact) mass is 154 g/mol. The molecule has 2 bridgehead atoms. The van der Waals surface area contributed by atoms with Gasteiger partial charge >= 0.3 is 0 Å². The molecule has 2 heteroatoms. The Bertz CT molecular complexity index is 132. The van der Waals surface area contributed by atoms with Crippen LogP contribution in [0.1, 0.15) is 32.6 Å². The number of fused-ring (bicyclic) bond motifs is 2. The maximum atomic E-state index is 3.32. The molecule has 0 aromatic carbocycles. The molecule has 2 unspecified atom stereocenters. The molecule has 2 heterocycles. The molecule has 0 saturated carbocycles. The molecule has 0 radical (unpaired) electrons. The second kappa shape index (κ2) is 2.76. The SMILES string of the molecule is CNN1C2CCC1CC(C)C2. The van der Waals surface area contributed by atoms with Crippen LogP contribution in [0.5, 0.6) is 0 Å². The standard InChI is InChI=1S/C9H18N2/c1-7-5-8-3-4-9(6-7)11(8)10-2/h7-10H,3-6H2,1-2H3. The summed E-state index contributed by atoms with van der Waals surface area (Å²) < 4.78 is 0. The molecule has 0 aliphatic carbocycles. The fraction of sp³-hybridized carbons (Fsp3) is 1.00. The van der Waals surface area contributed by atoms with Crippen molar-refractivity contribution in [2.45, 2.75) is 44.7 Å². The fourth-order valence-electron chi connectivity index (χ4n) is 2.81. The molecule has 2 atom stereocenters. The van der Waals surface area contributed by atoms with E-state index in [9.17, 15) is 0 Å². The first kappa shape index (κ1) is 7.56. The largest absolute Gasteiger partial charge is 0.258 e. The highest BCUT2D eigenvalue weighted by atomic mass is 15.5. The minimum absolute atomic E-state index is 0.841. The van der Waals surface area contributed by atoms with Gasteiger partial charge in [0.2, 0.25) is 0 Å². The van der Waals surface area contributed by atoms with E-state index in [2.05, 4.69) is 24.4 Å². The van der Waals surface area contributed by atoms with Gasteiger partial charge in [-0.1, -0.05) is 6.92 Å². The van der Waals surface area contributed by atoms with Crippen molar-refractivity contribution in [2.75, 3.05) is 7.05 Å². The van der Waals surface area contributed by atoms with Gasteiger partial charge in [-0.2, -0.15) is 0 Å². The van der Waals surface area contributed by atoms with Crippen LogP contribution < -0.4 is 5.43 Å². The van der Waals surface area contributed by atoms with Crippen molar-refractivity contribution in [3.63, 3.8) is 0 Å². The van der Waals surface area contributed by atoms with Gasteiger partial charge in [0.15, 0.2) is 0 Å². The molecular weight excluding hydrogens is 136 g/mol. The smallest absolute Gasteiger partial charge is 0.0249 e. The first-order valence-electron chi connectivity index (χ1n) is 4.77. The van der Waals surface area contributed by atoms with E-state index in [4.69, 9.17) is 0 Å². The lowest BCUT2D eigenvalue weighted by Gasteiger charge is -2.36. The molecular formula is C9H18N2. The van der Waals surface area contributed by atoms with E-state index in [1.54, 1.807) is 0 Å². The summed E-state index contributed by atoms with van der Waals surface area (Å²) in [5.41, 5.74) is 3.32. The van der Waals surface area contributed by atoms with E-state index in [1.165, 1.54) is 25.7 Å². The molecule has 11 heavy (non-hydrogen) atoms. The van der Waals surface area contributed by atoms with Gasteiger partial charge in [0.1, 0.15) is 0 Å². The summed E-state index contributed by atoms with van der Waals surface area (Å²) >= 11 is 0. The van der Waals surface area contributed by atoms with Crippen LogP contribution in [0.2, 0.25) is 0 Å². The molecule has 2 fully saturated rings. The predicted molar refractivity (Wildman–Crippen MR) is 46.1 cm³/mol. The van der Waals surface area contributed by atoms with E-state index in [-0.39, 0.29) is 0 Å². The Morgan fingerprint density at radius 2 is 1.73 bits per heavy atom. The quantitative estimate of drug-likeness (QED) is 0.614. The first-order valence-corrected chi connectivity index (χ1v) is 4.77. The molecule has 0 aromatic rings. The van der Waals surface area contributed by atoms with Crippen LogP contribution in [0, 0.1) is 5.92 Å². The first-order chi connectivity index (χ1) is 5.31. The Hall–Kier alpha value is -0.0800. The molecule has 0 amide bonds. The summed E-state index contributed by atoms with van der Waals surface area (Å²) in [4.78, 5) is 0. The van der Waals surface area contributed by atoms with Gasteiger partial charge in [-0.15, -0.1) is 0 Å². The minimum atomic E-state index is 0.841.